The molecule has 3 N–H and O–H groups in total. The predicted octanol–water partition coefficient (Wildman–Crippen LogP) is 5.47. The quantitative estimate of drug-likeness (QED) is 0.651. The van der Waals surface area contributed by atoms with Crippen molar-refractivity contribution in [2.75, 3.05) is 5.32 Å². The molecule has 0 bridgehead atoms. The van der Waals surface area contributed by atoms with E-state index in [0.717, 1.165) is 5.56 Å². The third kappa shape index (κ3) is 3.92. The first-order chi connectivity index (χ1) is 12.1. The number of benzene rings is 3. The molecule has 25 heavy (non-hydrogen) atoms. The molecule has 2 nitrogen and oxygen atoms in total. The first-order valence-electron chi connectivity index (χ1n) is 8.76. The Morgan fingerprint density at radius 1 is 0.720 bits per heavy atom. The summed E-state index contributed by atoms with van der Waals surface area (Å²) in [6.07, 6.45) is 0. The molecule has 0 aromatic heterocycles. The summed E-state index contributed by atoms with van der Waals surface area (Å²) in [6, 6.07) is 25.0. The first-order valence-corrected chi connectivity index (χ1v) is 8.76. The molecule has 3 rings (SSSR count). The van der Waals surface area contributed by atoms with Crippen LogP contribution < -0.4 is 11.1 Å². The van der Waals surface area contributed by atoms with Gasteiger partial charge in [-0.1, -0.05) is 78.4 Å². The van der Waals surface area contributed by atoms with Gasteiger partial charge in [-0.2, -0.15) is 0 Å². The third-order valence-electron chi connectivity index (χ3n) is 4.68. The minimum absolute atomic E-state index is 0.00343. The summed E-state index contributed by atoms with van der Waals surface area (Å²) >= 11 is 0. The molecule has 3 aromatic rings. The lowest BCUT2D eigenvalue weighted by molar-refractivity contribution is 0.609. The van der Waals surface area contributed by atoms with Crippen LogP contribution in [-0.4, -0.2) is 0 Å². The summed E-state index contributed by atoms with van der Waals surface area (Å²) in [5, 5.41) is 3.73. The number of hydrogen-bond acceptors (Lipinski definition) is 2. The van der Waals surface area contributed by atoms with Crippen molar-refractivity contribution in [2.24, 2.45) is 5.73 Å². The van der Waals surface area contributed by atoms with Crippen LogP contribution in [0.4, 0.5) is 5.69 Å². The molecule has 0 radical (unpaired) electrons. The van der Waals surface area contributed by atoms with Gasteiger partial charge in [0.25, 0.3) is 0 Å². The van der Waals surface area contributed by atoms with Crippen molar-refractivity contribution in [1.29, 1.82) is 0 Å². The van der Waals surface area contributed by atoms with Crippen molar-refractivity contribution in [1.82, 2.24) is 0 Å². The molecule has 0 saturated heterocycles. The van der Waals surface area contributed by atoms with Crippen LogP contribution in [0, 0.1) is 20.8 Å². The van der Waals surface area contributed by atoms with E-state index in [1.54, 1.807) is 0 Å². The average Bonchev–Trinajstić information content (AvgIpc) is 2.62. The second-order valence-corrected chi connectivity index (χ2v) is 6.74. The van der Waals surface area contributed by atoms with E-state index in [2.05, 4.69) is 74.6 Å². The van der Waals surface area contributed by atoms with Gasteiger partial charge in [0.15, 0.2) is 0 Å². The van der Waals surface area contributed by atoms with E-state index in [-0.39, 0.29) is 12.1 Å². The maximum absolute atomic E-state index is 6.69. The Kier molecular flexibility index (Phi) is 5.20. The fourth-order valence-electron chi connectivity index (χ4n) is 3.47. The van der Waals surface area contributed by atoms with Gasteiger partial charge in [-0.25, -0.2) is 0 Å². The fourth-order valence-corrected chi connectivity index (χ4v) is 3.47. The van der Waals surface area contributed by atoms with Crippen molar-refractivity contribution in [3.05, 3.63) is 101 Å². The van der Waals surface area contributed by atoms with Crippen molar-refractivity contribution in [3.8, 4) is 0 Å². The average molecular weight is 330 g/mol. The molecule has 0 fully saturated rings. The van der Waals surface area contributed by atoms with Gasteiger partial charge in [-0.05, 0) is 43.0 Å². The van der Waals surface area contributed by atoms with Gasteiger partial charge in [-0.3, -0.25) is 0 Å². The van der Waals surface area contributed by atoms with Crippen LogP contribution in [0.5, 0.6) is 0 Å². The van der Waals surface area contributed by atoms with Crippen LogP contribution in [-0.2, 0) is 0 Å². The first kappa shape index (κ1) is 17.2. The zero-order valence-corrected chi connectivity index (χ0v) is 15.2. The van der Waals surface area contributed by atoms with Gasteiger partial charge in [0.1, 0.15) is 0 Å². The highest BCUT2D eigenvalue weighted by Crippen LogP contribution is 2.33. The minimum Gasteiger partial charge on any atom is -0.376 e. The molecule has 0 aliphatic heterocycles. The van der Waals surface area contributed by atoms with Gasteiger partial charge in [-0.15, -0.1) is 0 Å². The normalized spacial score (nSPS) is 13.3. The summed E-state index contributed by atoms with van der Waals surface area (Å²) in [7, 11) is 0. The van der Waals surface area contributed by atoms with E-state index < -0.39 is 0 Å². The Morgan fingerprint density at radius 2 is 1.20 bits per heavy atom. The minimum atomic E-state index is -0.135. The monoisotopic (exact) mass is 330 g/mol. The topological polar surface area (TPSA) is 38.0 Å². The number of hydrogen-bond donors (Lipinski definition) is 2. The Morgan fingerprint density at radius 3 is 1.72 bits per heavy atom. The standard InChI is InChI=1S/C23H26N2/c1-16-14-17(2)22(18(3)15-16)25-23(20-12-8-5-9-13-20)21(24)19-10-6-4-7-11-19/h4-15,21,23,25H,24H2,1-3H3/t21-,23-/m1/s1. The van der Waals surface area contributed by atoms with Gasteiger partial charge < -0.3 is 11.1 Å². The van der Waals surface area contributed by atoms with E-state index in [0.29, 0.717) is 0 Å². The molecule has 0 saturated carbocycles. The smallest absolute Gasteiger partial charge is 0.0706 e. The van der Waals surface area contributed by atoms with Crippen molar-refractivity contribution >= 4 is 5.69 Å². The highest BCUT2D eigenvalue weighted by Gasteiger charge is 2.22. The van der Waals surface area contributed by atoms with E-state index in [4.69, 9.17) is 5.73 Å². The maximum atomic E-state index is 6.69. The van der Waals surface area contributed by atoms with Crippen molar-refractivity contribution in [3.63, 3.8) is 0 Å². The number of rotatable bonds is 5. The van der Waals surface area contributed by atoms with Crippen LogP contribution in [0.1, 0.15) is 39.9 Å². The second kappa shape index (κ2) is 7.54. The maximum Gasteiger partial charge on any atom is 0.0706 e. The lowest BCUT2D eigenvalue weighted by atomic mass is 9.93. The molecule has 0 aliphatic carbocycles. The Hall–Kier alpha value is -2.58. The molecule has 0 amide bonds. The molecule has 0 unspecified atom stereocenters. The number of aryl methyl sites for hydroxylation is 3. The Bertz CT molecular complexity index is 802. The Labute approximate surface area is 150 Å². The van der Waals surface area contributed by atoms with Gasteiger partial charge in [0.05, 0.1) is 12.1 Å². The van der Waals surface area contributed by atoms with Gasteiger partial charge in [0, 0.05) is 5.69 Å². The fraction of sp³-hybridized carbons (Fsp3) is 0.217. The largest absolute Gasteiger partial charge is 0.376 e. The third-order valence-corrected chi connectivity index (χ3v) is 4.68. The molecule has 2 heteroatoms. The van der Waals surface area contributed by atoms with Crippen LogP contribution >= 0.6 is 0 Å². The predicted molar refractivity (Wildman–Crippen MR) is 107 cm³/mol. The molecule has 0 heterocycles. The number of nitrogens with two attached hydrogens (primary N) is 1. The zero-order chi connectivity index (χ0) is 17.8. The summed E-state index contributed by atoms with van der Waals surface area (Å²) in [4.78, 5) is 0. The highest BCUT2D eigenvalue weighted by atomic mass is 15.0. The Balaban J connectivity index is 2.01. The molecule has 0 aliphatic rings. The van der Waals surface area contributed by atoms with Crippen LogP contribution in [0.3, 0.4) is 0 Å². The second-order valence-electron chi connectivity index (χ2n) is 6.74. The summed E-state index contributed by atoms with van der Waals surface area (Å²) in [5.41, 5.74) is 14.0. The molecular weight excluding hydrogens is 304 g/mol. The number of anilines is 1. The van der Waals surface area contributed by atoms with Crippen LogP contribution in [0.25, 0.3) is 0 Å². The number of nitrogens with one attached hydrogen (secondary N) is 1. The van der Waals surface area contributed by atoms with E-state index in [1.165, 1.54) is 27.9 Å². The van der Waals surface area contributed by atoms with Crippen LogP contribution in [0.15, 0.2) is 72.8 Å². The highest BCUT2D eigenvalue weighted by molar-refractivity contribution is 5.59. The molecule has 3 aromatic carbocycles. The van der Waals surface area contributed by atoms with Gasteiger partial charge >= 0.3 is 0 Å². The van der Waals surface area contributed by atoms with Crippen LogP contribution in [0.2, 0.25) is 0 Å². The molecule has 2 atom stereocenters. The summed E-state index contributed by atoms with van der Waals surface area (Å²) in [5.74, 6) is 0. The zero-order valence-electron chi connectivity index (χ0n) is 15.2. The van der Waals surface area contributed by atoms with Crippen molar-refractivity contribution in [2.45, 2.75) is 32.9 Å². The molecule has 0 spiro atoms. The van der Waals surface area contributed by atoms with E-state index in [9.17, 15) is 0 Å². The van der Waals surface area contributed by atoms with Crippen molar-refractivity contribution < 1.29 is 0 Å². The summed E-state index contributed by atoms with van der Waals surface area (Å²) < 4.78 is 0. The van der Waals surface area contributed by atoms with E-state index >= 15 is 0 Å². The lowest BCUT2D eigenvalue weighted by Crippen LogP contribution is -2.26. The van der Waals surface area contributed by atoms with E-state index in [1.807, 2.05) is 24.3 Å². The summed E-state index contributed by atoms with van der Waals surface area (Å²) in [6.45, 7) is 6.44. The lowest BCUT2D eigenvalue weighted by Gasteiger charge is -2.29. The molecule has 128 valence electrons. The SMILES string of the molecule is Cc1cc(C)c(N[C@H](c2ccccc2)[C@H](N)c2ccccc2)c(C)c1. The van der Waals surface area contributed by atoms with Gasteiger partial charge in [0.2, 0.25) is 0 Å². The molecular formula is C23H26N2.